The van der Waals surface area contributed by atoms with E-state index in [0.29, 0.717) is 12.5 Å². The summed E-state index contributed by atoms with van der Waals surface area (Å²) in [5.74, 6) is -0.441. The van der Waals surface area contributed by atoms with Crippen LogP contribution in [0, 0.1) is 0 Å². The van der Waals surface area contributed by atoms with Crippen LogP contribution in [-0.4, -0.2) is 29.4 Å². The van der Waals surface area contributed by atoms with Gasteiger partial charge in [0.1, 0.15) is 5.94 Å². The lowest BCUT2D eigenvalue weighted by Gasteiger charge is -1.98. The Morgan fingerprint density at radius 1 is 1.55 bits per heavy atom. The zero-order chi connectivity index (χ0) is 8.53. The molecule has 0 amide bonds. The molecule has 0 saturated carbocycles. The SMILES string of the molecule is CCOSOCSCC(=O)O. The van der Waals surface area contributed by atoms with Crippen LogP contribution in [0.25, 0.3) is 0 Å². The standard InChI is InChI=1S/C5H10O4S2/c1-2-8-11-9-4-10-3-5(6)7/h2-4H2,1H3,(H,6,7). The van der Waals surface area contributed by atoms with Crippen molar-refractivity contribution in [2.24, 2.45) is 0 Å². The Morgan fingerprint density at radius 3 is 2.82 bits per heavy atom. The molecule has 0 unspecified atom stereocenters. The van der Waals surface area contributed by atoms with Crippen LogP contribution in [-0.2, 0) is 13.2 Å². The van der Waals surface area contributed by atoms with Gasteiger partial charge in [-0.05, 0) is 6.92 Å². The van der Waals surface area contributed by atoms with Gasteiger partial charge in [0.2, 0.25) is 0 Å². The van der Waals surface area contributed by atoms with Crippen LogP contribution < -0.4 is 0 Å². The third-order valence-corrected chi connectivity index (χ3v) is 2.00. The number of rotatable bonds is 7. The maximum atomic E-state index is 9.97. The van der Waals surface area contributed by atoms with E-state index in [0.717, 1.165) is 12.3 Å². The Hall–Kier alpha value is 0.0900. The van der Waals surface area contributed by atoms with E-state index in [1.54, 1.807) is 0 Å². The van der Waals surface area contributed by atoms with Gasteiger partial charge in [-0.1, -0.05) is 0 Å². The van der Waals surface area contributed by atoms with Crippen molar-refractivity contribution in [1.82, 2.24) is 0 Å². The first-order valence-corrected chi connectivity index (χ1v) is 4.80. The van der Waals surface area contributed by atoms with Crippen LogP contribution in [0.2, 0.25) is 0 Å². The van der Waals surface area contributed by atoms with E-state index in [1.807, 2.05) is 6.92 Å². The van der Waals surface area contributed by atoms with E-state index >= 15 is 0 Å². The highest BCUT2D eigenvalue weighted by molar-refractivity contribution is 8.00. The monoisotopic (exact) mass is 198 g/mol. The lowest BCUT2D eigenvalue weighted by atomic mass is 10.8. The average molecular weight is 198 g/mol. The molecule has 1 N–H and O–H groups in total. The van der Waals surface area contributed by atoms with Crippen molar-refractivity contribution < 1.29 is 18.3 Å². The lowest BCUT2D eigenvalue weighted by Crippen LogP contribution is -1.98. The fourth-order valence-corrected chi connectivity index (χ4v) is 1.12. The maximum Gasteiger partial charge on any atom is 0.313 e. The minimum absolute atomic E-state index is 0.0622. The summed E-state index contributed by atoms with van der Waals surface area (Å²) in [6.07, 6.45) is 0. The Morgan fingerprint density at radius 2 is 2.27 bits per heavy atom. The third-order valence-electron chi connectivity index (χ3n) is 0.571. The van der Waals surface area contributed by atoms with Crippen molar-refractivity contribution in [3.8, 4) is 0 Å². The molecule has 0 aliphatic heterocycles. The van der Waals surface area contributed by atoms with E-state index in [2.05, 4.69) is 0 Å². The van der Waals surface area contributed by atoms with Gasteiger partial charge in [0.05, 0.1) is 12.4 Å². The van der Waals surface area contributed by atoms with Crippen LogP contribution >= 0.6 is 24.1 Å². The number of aliphatic carboxylic acids is 1. The predicted molar refractivity (Wildman–Crippen MR) is 45.3 cm³/mol. The second kappa shape index (κ2) is 8.19. The first-order chi connectivity index (χ1) is 5.27. The molecule has 0 radical (unpaired) electrons. The van der Waals surface area contributed by atoms with E-state index in [9.17, 15) is 4.79 Å². The van der Waals surface area contributed by atoms with Crippen molar-refractivity contribution in [3.63, 3.8) is 0 Å². The average Bonchev–Trinajstić information content (AvgIpc) is 1.96. The van der Waals surface area contributed by atoms with Gasteiger partial charge < -0.3 is 5.11 Å². The molecule has 0 aromatic heterocycles. The van der Waals surface area contributed by atoms with Gasteiger partial charge in [-0.15, -0.1) is 11.8 Å². The maximum absolute atomic E-state index is 9.97. The normalized spacial score (nSPS) is 9.91. The van der Waals surface area contributed by atoms with E-state index in [4.69, 9.17) is 13.5 Å². The van der Waals surface area contributed by atoms with E-state index in [1.165, 1.54) is 11.8 Å². The molecule has 4 nitrogen and oxygen atoms in total. The number of carbonyl (C=O) groups is 1. The highest BCUT2D eigenvalue weighted by Crippen LogP contribution is 2.09. The minimum Gasteiger partial charge on any atom is -0.481 e. The van der Waals surface area contributed by atoms with Crippen molar-refractivity contribution in [2.75, 3.05) is 18.3 Å². The molecule has 0 bridgehead atoms. The van der Waals surface area contributed by atoms with Crippen LogP contribution in [0.15, 0.2) is 0 Å². The van der Waals surface area contributed by atoms with Gasteiger partial charge in [-0.25, -0.2) is 0 Å². The Balaban J connectivity index is 2.85. The number of carboxylic acid groups (broad SMARTS) is 1. The number of carboxylic acids is 1. The molecule has 0 spiro atoms. The summed E-state index contributed by atoms with van der Waals surface area (Å²) >= 11 is 2.08. The molecule has 66 valence electrons. The Bertz CT molecular complexity index is 109. The fourth-order valence-electron chi connectivity index (χ4n) is 0.265. The Labute approximate surface area is 74.0 Å². The molecule has 0 saturated heterocycles. The third kappa shape index (κ3) is 10.1. The highest BCUT2D eigenvalue weighted by atomic mass is 32.2. The van der Waals surface area contributed by atoms with Gasteiger partial charge in [0.25, 0.3) is 0 Å². The van der Waals surface area contributed by atoms with E-state index < -0.39 is 5.97 Å². The molecule has 0 aliphatic rings. The first kappa shape index (κ1) is 11.1. The zero-order valence-electron chi connectivity index (χ0n) is 6.11. The summed E-state index contributed by atoms with van der Waals surface area (Å²) in [4.78, 5) is 9.97. The van der Waals surface area contributed by atoms with Gasteiger partial charge in [0, 0.05) is 0 Å². The molecule has 0 rings (SSSR count). The van der Waals surface area contributed by atoms with Gasteiger partial charge >= 0.3 is 5.97 Å². The molecule has 0 heterocycles. The highest BCUT2D eigenvalue weighted by Gasteiger charge is 1.96. The molecular weight excluding hydrogens is 188 g/mol. The summed E-state index contributed by atoms with van der Waals surface area (Å²) in [5.41, 5.74) is 0. The molecule has 0 fully saturated rings. The summed E-state index contributed by atoms with van der Waals surface area (Å²) in [7, 11) is 0. The smallest absolute Gasteiger partial charge is 0.313 e. The molecule has 6 heteroatoms. The van der Waals surface area contributed by atoms with E-state index in [-0.39, 0.29) is 5.75 Å². The van der Waals surface area contributed by atoms with Crippen molar-refractivity contribution >= 4 is 30.1 Å². The second-order valence-electron chi connectivity index (χ2n) is 1.45. The van der Waals surface area contributed by atoms with Crippen LogP contribution in [0.5, 0.6) is 0 Å². The largest absolute Gasteiger partial charge is 0.481 e. The number of hydrogen-bond acceptors (Lipinski definition) is 5. The summed E-state index contributed by atoms with van der Waals surface area (Å²) in [5, 5.41) is 8.20. The van der Waals surface area contributed by atoms with Crippen LogP contribution in [0.1, 0.15) is 6.92 Å². The summed E-state index contributed by atoms with van der Waals surface area (Å²) in [6, 6.07) is 0. The first-order valence-electron chi connectivity index (χ1n) is 2.98. The molecule has 0 atom stereocenters. The fraction of sp³-hybridized carbons (Fsp3) is 0.800. The Kier molecular flexibility index (Phi) is 8.26. The van der Waals surface area contributed by atoms with Gasteiger partial charge in [-0.2, -0.15) is 0 Å². The summed E-state index contributed by atoms with van der Waals surface area (Å²) < 4.78 is 9.59. The predicted octanol–water partition coefficient (Wildman–Crippen LogP) is 1.38. The van der Waals surface area contributed by atoms with Gasteiger partial charge in [-0.3, -0.25) is 13.2 Å². The van der Waals surface area contributed by atoms with Crippen LogP contribution in [0.4, 0.5) is 0 Å². The quantitative estimate of drug-likeness (QED) is 0.379. The molecule has 0 aromatic carbocycles. The minimum atomic E-state index is -0.833. The zero-order valence-corrected chi connectivity index (χ0v) is 7.74. The second-order valence-corrected chi connectivity index (χ2v) is 2.99. The molecular formula is C5H10O4S2. The topological polar surface area (TPSA) is 55.8 Å². The van der Waals surface area contributed by atoms with Crippen molar-refractivity contribution in [3.05, 3.63) is 0 Å². The molecule has 0 aromatic rings. The molecule has 11 heavy (non-hydrogen) atoms. The van der Waals surface area contributed by atoms with Crippen molar-refractivity contribution in [2.45, 2.75) is 6.92 Å². The molecule has 0 aliphatic carbocycles. The number of thioether (sulfide) groups is 1. The number of hydrogen-bond donors (Lipinski definition) is 1. The summed E-state index contributed by atoms with van der Waals surface area (Å²) in [6.45, 7) is 2.43. The lowest BCUT2D eigenvalue weighted by molar-refractivity contribution is -0.133. The van der Waals surface area contributed by atoms with Crippen LogP contribution in [0.3, 0.4) is 0 Å². The van der Waals surface area contributed by atoms with Gasteiger partial charge in [0.15, 0.2) is 12.3 Å². The van der Waals surface area contributed by atoms with Crippen molar-refractivity contribution in [1.29, 1.82) is 0 Å².